The van der Waals surface area contributed by atoms with Gasteiger partial charge in [0.15, 0.2) is 0 Å². The number of benzene rings is 1. The zero-order chi connectivity index (χ0) is 18.6. The predicted octanol–water partition coefficient (Wildman–Crippen LogP) is 3.21. The maximum atomic E-state index is 13.1. The van der Waals surface area contributed by atoms with E-state index in [0.29, 0.717) is 38.4 Å². The monoisotopic (exact) mass is 362 g/mol. The van der Waals surface area contributed by atoms with Crippen molar-refractivity contribution in [2.24, 2.45) is 11.3 Å². The molecule has 2 heterocycles. The van der Waals surface area contributed by atoms with Crippen LogP contribution in [0.15, 0.2) is 24.3 Å². The average Bonchev–Trinajstić information content (AvgIpc) is 3.01. The number of rotatable bonds is 5. The summed E-state index contributed by atoms with van der Waals surface area (Å²) in [6.45, 7) is 4.39. The van der Waals surface area contributed by atoms with E-state index in [1.54, 1.807) is 12.1 Å². The van der Waals surface area contributed by atoms with Crippen LogP contribution >= 0.6 is 0 Å². The maximum absolute atomic E-state index is 13.1. The third-order valence-corrected chi connectivity index (χ3v) is 5.66. The molecule has 0 aliphatic carbocycles. The van der Waals surface area contributed by atoms with E-state index < -0.39 is 0 Å². The number of anilines is 1. The second-order valence-electron chi connectivity index (χ2n) is 7.40. The van der Waals surface area contributed by atoms with Gasteiger partial charge in [0.1, 0.15) is 5.82 Å². The Balaban J connectivity index is 1.74. The Hall–Kier alpha value is -1.95. The van der Waals surface area contributed by atoms with Gasteiger partial charge in [-0.25, -0.2) is 4.39 Å². The Morgan fingerprint density at radius 2 is 1.96 bits per heavy atom. The molecule has 0 saturated carbocycles. The van der Waals surface area contributed by atoms with E-state index in [0.717, 1.165) is 25.7 Å². The second kappa shape index (κ2) is 8.16. The molecular weight excluding hydrogens is 335 g/mol. The largest absolute Gasteiger partial charge is 0.381 e. The van der Waals surface area contributed by atoms with Crippen LogP contribution in [0.3, 0.4) is 0 Å². The van der Waals surface area contributed by atoms with Crippen molar-refractivity contribution in [1.29, 1.82) is 0 Å². The first-order valence-corrected chi connectivity index (χ1v) is 9.46. The van der Waals surface area contributed by atoms with Gasteiger partial charge >= 0.3 is 0 Å². The molecule has 5 nitrogen and oxygen atoms in total. The Morgan fingerprint density at radius 1 is 1.27 bits per heavy atom. The number of hydrogen-bond acceptors (Lipinski definition) is 3. The topological polar surface area (TPSA) is 58.6 Å². The van der Waals surface area contributed by atoms with Crippen LogP contribution in [0.5, 0.6) is 0 Å². The van der Waals surface area contributed by atoms with E-state index in [4.69, 9.17) is 4.74 Å². The highest BCUT2D eigenvalue weighted by molar-refractivity contribution is 5.94. The summed E-state index contributed by atoms with van der Waals surface area (Å²) in [6.07, 6.45) is 3.96. The van der Waals surface area contributed by atoms with Crippen LogP contribution in [-0.2, 0) is 14.3 Å². The fraction of sp³-hybridized carbons (Fsp3) is 0.600. The van der Waals surface area contributed by atoms with Crippen molar-refractivity contribution in [3.63, 3.8) is 0 Å². The van der Waals surface area contributed by atoms with Crippen molar-refractivity contribution in [2.45, 2.75) is 39.0 Å². The minimum Gasteiger partial charge on any atom is -0.381 e. The highest BCUT2D eigenvalue weighted by Gasteiger charge is 2.51. The number of ether oxygens (including phenoxy) is 1. The summed E-state index contributed by atoms with van der Waals surface area (Å²) < 4.78 is 18.6. The smallest absolute Gasteiger partial charge is 0.229 e. The molecule has 2 fully saturated rings. The number of carbonyl (C=O) groups excluding carboxylic acids is 2. The Labute approximate surface area is 153 Å². The second-order valence-corrected chi connectivity index (χ2v) is 7.40. The van der Waals surface area contributed by atoms with E-state index in [1.807, 2.05) is 4.90 Å². The summed E-state index contributed by atoms with van der Waals surface area (Å²) in [7, 11) is 0. The number of unbranched alkanes of at least 4 members (excludes halogenated alkanes) is 1. The van der Waals surface area contributed by atoms with Crippen molar-refractivity contribution in [1.82, 2.24) is 4.90 Å². The van der Waals surface area contributed by atoms with Gasteiger partial charge in [-0.3, -0.25) is 9.59 Å². The SMILES string of the molecule is CCCCC(=O)N1CC(C(=O)Nc2ccc(F)cc2)C2(CCOCC2)C1. The van der Waals surface area contributed by atoms with Crippen LogP contribution in [0, 0.1) is 17.2 Å². The number of amides is 2. The third kappa shape index (κ3) is 4.06. The molecule has 6 heteroatoms. The van der Waals surface area contributed by atoms with Crippen molar-refractivity contribution in [3.8, 4) is 0 Å². The first kappa shape index (κ1) is 18.8. The Bertz CT molecular complexity index is 641. The van der Waals surface area contributed by atoms with Crippen LogP contribution in [0.4, 0.5) is 10.1 Å². The molecule has 2 saturated heterocycles. The van der Waals surface area contributed by atoms with Gasteiger partial charge in [-0.2, -0.15) is 0 Å². The number of carbonyl (C=O) groups is 2. The van der Waals surface area contributed by atoms with Gasteiger partial charge in [-0.15, -0.1) is 0 Å². The molecule has 2 aliphatic rings. The van der Waals surface area contributed by atoms with E-state index in [2.05, 4.69) is 12.2 Å². The quantitative estimate of drug-likeness (QED) is 0.875. The van der Waals surface area contributed by atoms with E-state index >= 15 is 0 Å². The zero-order valence-electron chi connectivity index (χ0n) is 15.3. The lowest BCUT2D eigenvalue weighted by Gasteiger charge is -2.37. The lowest BCUT2D eigenvalue weighted by Crippen LogP contribution is -2.42. The molecule has 2 aliphatic heterocycles. The number of likely N-dealkylation sites (tertiary alicyclic amines) is 1. The number of hydrogen-bond donors (Lipinski definition) is 1. The molecule has 1 aromatic carbocycles. The molecule has 2 amide bonds. The molecule has 142 valence electrons. The van der Waals surface area contributed by atoms with Crippen LogP contribution in [0.25, 0.3) is 0 Å². The molecule has 1 atom stereocenters. The van der Waals surface area contributed by atoms with Crippen LogP contribution in [0.2, 0.25) is 0 Å². The van der Waals surface area contributed by atoms with Crippen molar-refractivity contribution in [2.75, 3.05) is 31.6 Å². The van der Waals surface area contributed by atoms with Gasteiger partial charge < -0.3 is 15.0 Å². The molecule has 1 aromatic rings. The first-order chi connectivity index (χ1) is 12.5. The summed E-state index contributed by atoms with van der Waals surface area (Å²) in [5.41, 5.74) is 0.360. The molecule has 1 N–H and O–H groups in total. The molecular formula is C20H27FN2O3. The first-order valence-electron chi connectivity index (χ1n) is 9.46. The Morgan fingerprint density at radius 3 is 2.62 bits per heavy atom. The molecule has 0 aromatic heterocycles. The summed E-state index contributed by atoms with van der Waals surface area (Å²) >= 11 is 0. The number of halogens is 1. The van der Waals surface area contributed by atoms with Crippen molar-refractivity contribution >= 4 is 17.5 Å². The zero-order valence-corrected chi connectivity index (χ0v) is 15.3. The van der Waals surface area contributed by atoms with Crippen LogP contribution in [-0.4, -0.2) is 43.0 Å². The lowest BCUT2D eigenvalue weighted by molar-refractivity contribution is -0.131. The van der Waals surface area contributed by atoms with E-state index in [-0.39, 0.29) is 29.0 Å². The highest BCUT2D eigenvalue weighted by atomic mass is 19.1. The number of nitrogens with zero attached hydrogens (tertiary/aromatic N) is 1. The van der Waals surface area contributed by atoms with Crippen molar-refractivity contribution in [3.05, 3.63) is 30.1 Å². The van der Waals surface area contributed by atoms with Crippen molar-refractivity contribution < 1.29 is 18.7 Å². The molecule has 1 spiro atoms. The van der Waals surface area contributed by atoms with Gasteiger partial charge in [-0.05, 0) is 43.5 Å². The fourth-order valence-electron chi connectivity index (χ4n) is 4.05. The van der Waals surface area contributed by atoms with Crippen LogP contribution in [0.1, 0.15) is 39.0 Å². The van der Waals surface area contributed by atoms with E-state index in [9.17, 15) is 14.0 Å². The number of nitrogens with one attached hydrogen (secondary N) is 1. The van der Waals surface area contributed by atoms with Gasteiger partial charge in [0.2, 0.25) is 11.8 Å². The third-order valence-electron chi connectivity index (χ3n) is 5.66. The minimum absolute atomic E-state index is 0.0932. The van der Waals surface area contributed by atoms with Crippen LogP contribution < -0.4 is 5.32 Å². The normalized spacial score (nSPS) is 21.8. The maximum Gasteiger partial charge on any atom is 0.229 e. The highest BCUT2D eigenvalue weighted by Crippen LogP contribution is 2.45. The lowest BCUT2D eigenvalue weighted by atomic mass is 9.71. The minimum atomic E-state index is -0.336. The molecule has 26 heavy (non-hydrogen) atoms. The fourth-order valence-corrected chi connectivity index (χ4v) is 4.05. The molecule has 1 unspecified atom stereocenters. The summed E-state index contributed by atoms with van der Waals surface area (Å²) in [5.74, 6) is -0.557. The molecule has 3 rings (SSSR count). The summed E-state index contributed by atoms with van der Waals surface area (Å²) in [6, 6.07) is 5.77. The van der Waals surface area contributed by atoms with E-state index in [1.165, 1.54) is 12.1 Å². The average molecular weight is 362 g/mol. The predicted molar refractivity (Wildman–Crippen MR) is 97.1 cm³/mol. The summed E-state index contributed by atoms with van der Waals surface area (Å²) in [5, 5.41) is 2.90. The summed E-state index contributed by atoms with van der Waals surface area (Å²) in [4.78, 5) is 27.3. The van der Waals surface area contributed by atoms with Gasteiger partial charge in [0.25, 0.3) is 0 Å². The van der Waals surface area contributed by atoms with Gasteiger partial charge in [0, 0.05) is 43.8 Å². The van der Waals surface area contributed by atoms with Gasteiger partial charge in [-0.1, -0.05) is 13.3 Å². The van der Waals surface area contributed by atoms with Gasteiger partial charge in [0.05, 0.1) is 5.92 Å². The standard InChI is InChI=1S/C20H27FN2O3/c1-2-3-4-18(24)23-13-17(20(14-23)9-11-26-12-10-20)19(25)22-16-7-5-15(21)6-8-16/h5-8,17H,2-4,9-14H2,1H3,(H,22,25). The molecule has 0 bridgehead atoms. The Kier molecular flexibility index (Phi) is 5.91. The molecule has 0 radical (unpaired) electrons.